The molecule has 0 bridgehead atoms. The fourth-order valence-electron chi connectivity index (χ4n) is 2.33. The van der Waals surface area contributed by atoms with Gasteiger partial charge in [0.1, 0.15) is 5.60 Å². The Balaban J connectivity index is 2.57. The topological polar surface area (TPSA) is 38.8 Å². The molecule has 1 aliphatic heterocycles. The van der Waals surface area contributed by atoms with Crippen LogP contribution in [0.2, 0.25) is 0 Å². The Labute approximate surface area is 122 Å². The number of hydrogen-bond acceptors (Lipinski definition) is 3. The van der Waals surface area contributed by atoms with Gasteiger partial charge in [0, 0.05) is 13.1 Å². The van der Waals surface area contributed by atoms with Gasteiger partial charge < -0.3 is 14.4 Å². The number of amides is 1. The van der Waals surface area contributed by atoms with E-state index in [2.05, 4.69) is 13.2 Å². The van der Waals surface area contributed by atoms with Gasteiger partial charge in [-0.25, -0.2) is 4.79 Å². The first-order valence-corrected chi connectivity index (χ1v) is 7.15. The van der Waals surface area contributed by atoms with E-state index in [1.54, 1.807) is 11.0 Å². The second-order valence-corrected chi connectivity index (χ2v) is 6.24. The molecule has 0 N–H and O–H groups in total. The van der Waals surface area contributed by atoms with Gasteiger partial charge in [0.2, 0.25) is 0 Å². The highest BCUT2D eigenvalue weighted by atomic mass is 16.6. The molecule has 1 rings (SSSR count). The zero-order valence-electron chi connectivity index (χ0n) is 13.0. The van der Waals surface area contributed by atoms with E-state index in [9.17, 15) is 4.79 Å². The molecule has 0 aliphatic carbocycles. The van der Waals surface area contributed by atoms with E-state index in [-0.39, 0.29) is 11.7 Å². The van der Waals surface area contributed by atoms with E-state index < -0.39 is 5.60 Å². The van der Waals surface area contributed by atoms with Gasteiger partial charge in [-0.2, -0.15) is 0 Å². The molecule has 0 saturated carbocycles. The Kier molecular flexibility index (Phi) is 5.81. The van der Waals surface area contributed by atoms with Crippen molar-refractivity contribution in [3.63, 3.8) is 0 Å². The van der Waals surface area contributed by atoms with Gasteiger partial charge in [-0.1, -0.05) is 12.2 Å². The summed E-state index contributed by atoms with van der Waals surface area (Å²) in [7, 11) is 0. The molecule has 1 amide bonds. The monoisotopic (exact) mass is 281 g/mol. The van der Waals surface area contributed by atoms with Crippen molar-refractivity contribution in [2.24, 2.45) is 0 Å². The van der Waals surface area contributed by atoms with Crippen molar-refractivity contribution in [1.29, 1.82) is 0 Å². The minimum atomic E-state index is -0.452. The van der Waals surface area contributed by atoms with Gasteiger partial charge in [-0.3, -0.25) is 0 Å². The fraction of sp³-hybridized carbons (Fsp3) is 0.688. The lowest BCUT2D eigenvalue weighted by Crippen LogP contribution is -2.49. The summed E-state index contributed by atoms with van der Waals surface area (Å²) in [6.07, 6.45) is 5.78. The molecule has 4 heteroatoms. The smallest absolute Gasteiger partial charge is 0.410 e. The molecule has 20 heavy (non-hydrogen) atoms. The number of carbonyl (C=O) groups excluding carboxylic acids is 1. The summed E-state index contributed by atoms with van der Waals surface area (Å²) in [5.74, 6) is 0. The number of hydrogen-bond donors (Lipinski definition) is 0. The van der Waals surface area contributed by atoms with Crippen LogP contribution in [-0.2, 0) is 9.47 Å². The fourth-order valence-corrected chi connectivity index (χ4v) is 2.33. The maximum atomic E-state index is 12.0. The van der Waals surface area contributed by atoms with Gasteiger partial charge in [0.15, 0.2) is 0 Å². The number of piperidine rings is 1. The van der Waals surface area contributed by atoms with Crippen LogP contribution in [0.5, 0.6) is 0 Å². The predicted octanol–water partition coefficient (Wildman–Crippen LogP) is 3.53. The summed E-state index contributed by atoms with van der Waals surface area (Å²) < 4.78 is 11.3. The predicted molar refractivity (Wildman–Crippen MR) is 80.7 cm³/mol. The van der Waals surface area contributed by atoms with Crippen LogP contribution in [0.15, 0.2) is 25.3 Å². The van der Waals surface area contributed by atoms with E-state index in [0.717, 1.165) is 19.3 Å². The molecule has 1 fully saturated rings. The molecule has 0 unspecified atom stereocenters. The zero-order valence-corrected chi connectivity index (χ0v) is 13.0. The summed E-state index contributed by atoms with van der Waals surface area (Å²) in [5, 5.41) is 0. The Morgan fingerprint density at radius 3 is 2.30 bits per heavy atom. The first kappa shape index (κ1) is 16.8. The maximum absolute atomic E-state index is 12.0. The number of ether oxygens (including phenoxy) is 2. The van der Waals surface area contributed by atoms with E-state index in [1.165, 1.54) is 0 Å². The number of nitrogens with zero attached hydrogens (tertiary/aromatic N) is 1. The van der Waals surface area contributed by atoms with Crippen LogP contribution in [0.3, 0.4) is 0 Å². The molecule has 0 aromatic rings. The first-order valence-electron chi connectivity index (χ1n) is 7.15. The van der Waals surface area contributed by atoms with Gasteiger partial charge >= 0.3 is 6.09 Å². The van der Waals surface area contributed by atoms with E-state index in [0.29, 0.717) is 19.7 Å². The lowest BCUT2D eigenvalue weighted by molar-refractivity contribution is -0.0721. The Morgan fingerprint density at radius 1 is 1.25 bits per heavy atom. The minimum absolute atomic E-state index is 0.214. The summed E-state index contributed by atoms with van der Waals surface area (Å²) in [5.41, 5.74) is -0.666. The van der Waals surface area contributed by atoms with Gasteiger partial charge in [-0.05, 0) is 40.0 Å². The standard InChI is InChI=1S/C16H27NO3/c1-6-8-16(19-13-7-2)9-11-17(12-10-16)14(18)20-15(3,4)5/h6-7H,1-2,8-13H2,3-5H3. The molecule has 1 saturated heterocycles. The van der Waals surface area contributed by atoms with Crippen LogP contribution in [0.1, 0.15) is 40.0 Å². The van der Waals surface area contributed by atoms with Crippen molar-refractivity contribution in [2.45, 2.75) is 51.2 Å². The highest BCUT2D eigenvalue weighted by molar-refractivity contribution is 5.68. The van der Waals surface area contributed by atoms with E-state index in [1.807, 2.05) is 26.8 Å². The summed E-state index contributed by atoms with van der Waals surface area (Å²) >= 11 is 0. The van der Waals surface area contributed by atoms with Crippen LogP contribution in [0.4, 0.5) is 4.79 Å². The molecule has 0 radical (unpaired) electrons. The van der Waals surface area contributed by atoms with Gasteiger partial charge in [0.25, 0.3) is 0 Å². The highest BCUT2D eigenvalue weighted by Gasteiger charge is 2.36. The molecule has 4 nitrogen and oxygen atoms in total. The van der Waals surface area contributed by atoms with Crippen LogP contribution >= 0.6 is 0 Å². The lowest BCUT2D eigenvalue weighted by Gasteiger charge is -2.41. The van der Waals surface area contributed by atoms with Crippen molar-refractivity contribution in [3.05, 3.63) is 25.3 Å². The van der Waals surface area contributed by atoms with Crippen LogP contribution in [-0.4, -0.2) is 41.9 Å². The van der Waals surface area contributed by atoms with Crippen molar-refractivity contribution >= 4 is 6.09 Å². The SMILES string of the molecule is C=CCOC1(CC=C)CCN(C(=O)OC(C)(C)C)CC1. The Morgan fingerprint density at radius 2 is 1.85 bits per heavy atom. The number of carbonyl (C=O) groups is 1. The summed E-state index contributed by atoms with van der Waals surface area (Å²) in [6.45, 7) is 15.0. The first-order chi connectivity index (χ1) is 9.32. The largest absolute Gasteiger partial charge is 0.444 e. The van der Waals surface area contributed by atoms with Crippen molar-refractivity contribution in [3.8, 4) is 0 Å². The van der Waals surface area contributed by atoms with Crippen LogP contribution in [0.25, 0.3) is 0 Å². The van der Waals surface area contributed by atoms with Crippen molar-refractivity contribution in [1.82, 2.24) is 4.90 Å². The highest BCUT2D eigenvalue weighted by Crippen LogP contribution is 2.31. The second kappa shape index (κ2) is 6.93. The molecule has 114 valence electrons. The number of rotatable bonds is 5. The average Bonchev–Trinajstić information content (AvgIpc) is 2.35. The second-order valence-electron chi connectivity index (χ2n) is 6.24. The molecule has 1 aliphatic rings. The van der Waals surface area contributed by atoms with Crippen LogP contribution < -0.4 is 0 Å². The van der Waals surface area contributed by atoms with Crippen molar-refractivity contribution < 1.29 is 14.3 Å². The zero-order chi connectivity index (χ0) is 15.2. The summed E-state index contributed by atoms with van der Waals surface area (Å²) in [6, 6.07) is 0. The minimum Gasteiger partial charge on any atom is -0.444 e. The molecular formula is C16H27NO3. The average molecular weight is 281 g/mol. The van der Waals surface area contributed by atoms with Crippen molar-refractivity contribution in [2.75, 3.05) is 19.7 Å². The Bertz CT molecular complexity index is 349. The quantitative estimate of drug-likeness (QED) is 0.724. The summed E-state index contributed by atoms with van der Waals surface area (Å²) in [4.78, 5) is 13.8. The molecule has 0 aromatic carbocycles. The van der Waals surface area contributed by atoms with E-state index in [4.69, 9.17) is 9.47 Å². The normalized spacial score (nSPS) is 18.4. The lowest BCUT2D eigenvalue weighted by atomic mass is 9.88. The maximum Gasteiger partial charge on any atom is 0.410 e. The van der Waals surface area contributed by atoms with Gasteiger partial charge in [-0.15, -0.1) is 13.2 Å². The van der Waals surface area contributed by atoms with Crippen LogP contribution in [0, 0.1) is 0 Å². The third-order valence-corrected chi connectivity index (χ3v) is 3.35. The molecular weight excluding hydrogens is 254 g/mol. The molecule has 0 aromatic heterocycles. The molecule has 0 atom stereocenters. The molecule has 0 spiro atoms. The third kappa shape index (κ3) is 5.00. The third-order valence-electron chi connectivity index (χ3n) is 3.35. The van der Waals surface area contributed by atoms with Gasteiger partial charge in [0.05, 0.1) is 12.2 Å². The molecule has 1 heterocycles. The Hall–Kier alpha value is -1.29. The van der Waals surface area contributed by atoms with E-state index >= 15 is 0 Å². The number of likely N-dealkylation sites (tertiary alicyclic amines) is 1.